The number of rotatable bonds is 3. The van der Waals surface area contributed by atoms with Crippen molar-refractivity contribution in [3.63, 3.8) is 0 Å². The Kier molecular flexibility index (Phi) is 4.23. The van der Waals surface area contributed by atoms with E-state index in [-0.39, 0.29) is 0 Å². The fourth-order valence-corrected chi connectivity index (χ4v) is 3.70. The van der Waals surface area contributed by atoms with Gasteiger partial charge in [0.2, 0.25) is 0 Å². The minimum atomic E-state index is -4.32. The van der Waals surface area contributed by atoms with E-state index in [9.17, 15) is 13.2 Å². The SMILES string of the molecule is Cc1ccc(CCn2c3c(c4cc(C(F)(F)F)ccc42)CNCC3)cn1. The van der Waals surface area contributed by atoms with Crippen LogP contribution < -0.4 is 5.32 Å². The molecule has 3 nitrogen and oxygen atoms in total. The summed E-state index contributed by atoms with van der Waals surface area (Å²) in [5.74, 6) is 0. The lowest BCUT2D eigenvalue weighted by Crippen LogP contribution is -2.24. The van der Waals surface area contributed by atoms with E-state index in [1.807, 2.05) is 19.2 Å². The number of pyridine rings is 1. The molecule has 6 heteroatoms. The summed E-state index contributed by atoms with van der Waals surface area (Å²) in [7, 11) is 0. The van der Waals surface area contributed by atoms with Crippen molar-refractivity contribution in [1.82, 2.24) is 14.9 Å². The molecule has 4 rings (SSSR count). The Balaban J connectivity index is 1.74. The first-order valence-electron chi connectivity index (χ1n) is 8.77. The molecule has 136 valence electrons. The monoisotopic (exact) mass is 359 g/mol. The molecule has 2 aromatic heterocycles. The predicted octanol–water partition coefficient (Wildman–Crippen LogP) is 4.25. The van der Waals surface area contributed by atoms with Gasteiger partial charge < -0.3 is 9.88 Å². The summed E-state index contributed by atoms with van der Waals surface area (Å²) in [4.78, 5) is 4.32. The first-order valence-corrected chi connectivity index (χ1v) is 8.77. The number of aryl methyl sites for hydroxylation is 3. The standard InChI is InChI=1S/C20H20F3N3/c1-13-2-3-14(11-25-13)7-9-26-18-5-4-15(20(21,22)23)10-16(18)17-12-24-8-6-19(17)26/h2-5,10-11,24H,6-9,12H2,1H3. The van der Waals surface area contributed by atoms with E-state index < -0.39 is 11.7 Å². The van der Waals surface area contributed by atoms with Gasteiger partial charge in [0.05, 0.1) is 5.56 Å². The number of benzene rings is 1. The second-order valence-corrected chi connectivity index (χ2v) is 6.79. The summed E-state index contributed by atoms with van der Waals surface area (Å²) in [5, 5.41) is 3.99. The van der Waals surface area contributed by atoms with Crippen molar-refractivity contribution in [1.29, 1.82) is 0 Å². The summed E-state index contributed by atoms with van der Waals surface area (Å²) in [6, 6.07) is 8.14. The molecule has 0 saturated heterocycles. The van der Waals surface area contributed by atoms with Crippen LogP contribution in [0.1, 0.15) is 28.1 Å². The van der Waals surface area contributed by atoms with Gasteiger partial charge in [0.15, 0.2) is 0 Å². The molecule has 0 amide bonds. The molecule has 0 aliphatic carbocycles. The van der Waals surface area contributed by atoms with Crippen molar-refractivity contribution in [2.45, 2.75) is 39.0 Å². The van der Waals surface area contributed by atoms with Crippen molar-refractivity contribution in [3.8, 4) is 0 Å². The molecule has 0 spiro atoms. The van der Waals surface area contributed by atoms with Crippen LogP contribution in [0.2, 0.25) is 0 Å². The molecule has 26 heavy (non-hydrogen) atoms. The minimum Gasteiger partial charge on any atom is -0.344 e. The number of nitrogens with one attached hydrogen (secondary N) is 1. The van der Waals surface area contributed by atoms with E-state index in [0.717, 1.165) is 54.0 Å². The Labute approximate surface area is 149 Å². The van der Waals surface area contributed by atoms with E-state index in [2.05, 4.69) is 20.9 Å². The van der Waals surface area contributed by atoms with Crippen molar-refractivity contribution in [2.24, 2.45) is 0 Å². The molecule has 3 aromatic rings. The lowest BCUT2D eigenvalue weighted by molar-refractivity contribution is -0.137. The van der Waals surface area contributed by atoms with E-state index >= 15 is 0 Å². The molecule has 0 unspecified atom stereocenters. The molecule has 0 fully saturated rings. The molecular formula is C20H20F3N3. The van der Waals surface area contributed by atoms with Gasteiger partial charge in [-0.25, -0.2) is 0 Å². The maximum absolute atomic E-state index is 13.1. The van der Waals surface area contributed by atoms with Gasteiger partial charge in [0.25, 0.3) is 0 Å². The summed E-state index contributed by atoms with van der Waals surface area (Å²) in [5.41, 5.74) is 4.55. The van der Waals surface area contributed by atoms with Gasteiger partial charge in [0.1, 0.15) is 0 Å². The van der Waals surface area contributed by atoms with Crippen LogP contribution in [0.15, 0.2) is 36.5 Å². The average molecular weight is 359 g/mol. The molecule has 1 aliphatic heterocycles. The molecule has 1 aromatic carbocycles. The van der Waals surface area contributed by atoms with Crippen LogP contribution >= 0.6 is 0 Å². The largest absolute Gasteiger partial charge is 0.416 e. The summed E-state index contributed by atoms with van der Waals surface area (Å²) in [6.07, 6.45) is -0.814. The third-order valence-corrected chi connectivity index (χ3v) is 5.05. The highest BCUT2D eigenvalue weighted by Crippen LogP contribution is 2.35. The van der Waals surface area contributed by atoms with E-state index in [1.54, 1.807) is 6.07 Å². The quantitative estimate of drug-likeness (QED) is 0.758. The number of fused-ring (bicyclic) bond motifs is 3. The van der Waals surface area contributed by atoms with Gasteiger partial charge in [-0.3, -0.25) is 4.98 Å². The fraction of sp³-hybridized carbons (Fsp3) is 0.350. The number of nitrogens with zero attached hydrogens (tertiary/aromatic N) is 2. The van der Waals surface area contributed by atoms with Crippen LogP contribution in [0.5, 0.6) is 0 Å². The van der Waals surface area contributed by atoms with Gasteiger partial charge in [0, 0.05) is 54.5 Å². The first-order chi connectivity index (χ1) is 12.4. The first kappa shape index (κ1) is 17.1. The van der Waals surface area contributed by atoms with Gasteiger partial charge in [-0.1, -0.05) is 6.07 Å². The van der Waals surface area contributed by atoms with Gasteiger partial charge in [-0.05, 0) is 48.7 Å². The predicted molar refractivity (Wildman–Crippen MR) is 95.0 cm³/mol. The third-order valence-electron chi connectivity index (χ3n) is 5.05. The zero-order valence-electron chi connectivity index (χ0n) is 14.5. The van der Waals surface area contributed by atoms with Crippen molar-refractivity contribution < 1.29 is 13.2 Å². The van der Waals surface area contributed by atoms with Crippen molar-refractivity contribution in [3.05, 3.63) is 64.6 Å². The Bertz CT molecular complexity index is 940. The van der Waals surface area contributed by atoms with Crippen LogP contribution in [0.4, 0.5) is 13.2 Å². The molecule has 0 atom stereocenters. The van der Waals surface area contributed by atoms with Gasteiger partial charge in [-0.2, -0.15) is 13.2 Å². The maximum Gasteiger partial charge on any atom is 0.416 e. The topological polar surface area (TPSA) is 29.9 Å². The van der Waals surface area contributed by atoms with Gasteiger partial charge in [-0.15, -0.1) is 0 Å². The molecular weight excluding hydrogens is 339 g/mol. The van der Waals surface area contributed by atoms with E-state index in [1.165, 1.54) is 12.1 Å². The fourth-order valence-electron chi connectivity index (χ4n) is 3.70. The second kappa shape index (κ2) is 6.43. The van der Waals surface area contributed by atoms with Crippen molar-refractivity contribution in [2.75, 3.05) is 6.54 Å². The number of hydrogen-bond donors (Lipinski definition) is 1. The molecule has 0 bridgehead atoms. The van der Waals surface area contributed by atoms with Crippen molar-refractivity contribution >= 4 is 10.9 Å². The zero-order valence-corrected chi connectivity index (χ0v) is 14.5. The van der Waals surface area contributed by atoms with Crippen LogP contribution in [-0.2, 0) is 32.1 Å². The normalized spacial score (nSPS) is 14.6. The Morgan fingerprint density at radius 2 is 2.04 bits per heavy atom. The Hall–Kier alpha value is -2.34. The minimum absolute atomic E-state index is 0.585. The second-order valence-electron chi connectivity index (χ2n) is 6.79. The molecule has 3 heterocycles. The summed E-state index contributed by atoms with van der Waals surface area (Å²) < 4.78 is 41.6. The Morgan fingerprint density at radius 1 is 1.19 bits per heavy atom. The number of hydrogen-bond acceptors (Lipinski definition) is 2. The van der Waals surface area contributed by atoms with Crippen LogP contribution in [0.25, 0.3) is 10.9 Å². The maximum atomic E-state index is 13.1. The molecule has 0 saturated carbocycles. The van der Waals surface area contributed by atoms with Gasteiger partial charge >= 0.3 is 6.18 Å². The zero-order chi connectivity index (χ0) is 18.3. The third kappa shape index (κ3) is 3.09. The summed E-state index contributed by atoms with van der Waals surface area (Å²) >= 11 is 0. The number of alkyl halides is 3. The smallest absolute Gasteiger partial charge is 0.344 e. The lowest BCUT2D eigenvalue weighted by Gasteiger charge is -2.17. The van der Waals surface area contributed by atoms with Crippen LogP contribution in [0.3, 0.4) is 0 Å². The lowest BCUT2D eigenvalue weighted by atomic mass is 10.0. The number of halogens is 3. The van der Waals surface area contributed by atoms with E-state index in [4.69, 9.17) is 0 Å². The van der Waals surface area contributed by atoms with Crippen LogP contribution in [-0.4, -0.2) is 16.1 Å². The highest BCUT2D eigenvalue weighted by molar-refractivity contribution is 5.86. The highest BCUT2D eigenvalue weighted by atomic mass is 19.4. The van der Waals surface area contributed by atoms with E-state index in [0.29, 0.717) is 11.9 Å². The Morgan fingerprint density at radius 3 is 2.77 bits per heavy atom. The number of aromatic nitrogens is 2. The molecule has 0 radical (unpaired) electrons. The average Bonchev–Trinajstić information content (AvgIpc) is 2.94. The summed E-state index contributed by atoms with van der Waals surface area (Å²) in [6.45, 7) is 4.15. The highest BCUT2D eigenvalue weighted by Gasteiger charge is 2.31. The van der Waals surface area contributed by atoms with Crippen LogP contribution in [0, 0.1) is 6.92 Å². The molecule has 1 N–H and O–H groups in total. The molecule has 1 aliphatic rings.